The summed E-state index contributed by atoms with van der Waals surface area (Å²) in [6, 6.07) is 2.51. The number of alkyl halides is 3. The van der Waals surface area contributed by atoms with Gasteiger partial charge in [-0.3, -0.25) is 4.79 Å². The Morgan fingerprint density at radius 3 is 2.48 bits per heavy atom. The number of pyridine rings is 1. The van der Waals surface area contributed by atoms with Gasteiger partial charge in [0.05, 0.1) is 12.3 Å². The fraction of sp³-hybridized carbons (Fsp3) is 0.462. The molecule has 6 nitrogen and oxygen atoms in total. The van der Waals surface area contributed by atoms with Gasteiger partial charge in [0.25, 0.3) is 0 Å². The Balaban J connectivity index is 3.39. The first-order valence-corrected chi connectivity index (χ1v) is 6.99. The van der Waals surface area contributed by atoms with E-state index in [1.807, 2.05) is 5.32 Å². The number of nitrogens with zero attached hydrogens (tertiary/aromatic N) is 1. The average Bonchev–Trinajstić information content (AvgIpc) is 2.47. The minimum Gasteiger partial charge on any atom is -0.463 e. The third kappa shape index (κ3) is 4.25. The maximum Gasteiger partial charge on any atom is 0.441 e. The number of amides is 1. The van der Waals surface area contributed by atoms with Crippen LogP contribution in [0.4, 0.5) is 18.9 Å². The lowest BCUT2D eigenvalue weighted by Gasteiger charge is -2.35. The topological polar surface area (TPSA) is 80.3 Å². The van der Waals surface area contributed by atoms with Crippen LogP contribution < -0.4 is 10.6 Å². The summed E-state index contributed by atoms with van der Waals surface area (Å²) in [6.45, 7) is 2.39. The van der Waals surface area contributed by atoms with Crippen LogP contribution in [0, 0.1) is 0 Å². The average molecular weight is 354 g/mol. The highest BCUT2D eigenvalue weighted by Gasteiger charge is 2.63. The number of carbonyl (C=O) groups excluding carboxylic acids is 2. The van der Waals surface area contributed by atoms with Gasteiger partial charge >= 0.3 is 17.8 Å². The van der Waals surface area contributed by atoms with E-state index in [0.717, 1.165) is 0 Å². The number of aromatic nitrogens is 1. The molecular formula is C13H15ClF3N3O3. The first-order valence-electron chi connectivity index (χ1n) is 6.61. The third-order valence-electron chi connectivity index (χ3n) is 2.74. The minimum atomic E-state index is -5.19. The molecule has 0 radical (unpaired) electrons. The second-order valence-electron chi connectivity index (χ2n) is 4.34. The monoisotopic (exact) mass is 353 g/mol. The van der Waals surface area contributed by atoms with Crippen LogP contribution in [-0.4, -0.2) is 35.3 Å². The number of hydrogen-bond donors (Lipinski definition) is 2. The zero-order chi connectivity index (χ0) is 17.7. The molecule has 1 atom stereocenters. The van der Waals surface area contributed by atoms with Crippen LogP contribution in [0.15, 0.2) is 18.3 Å². The van der Waals surface area contributed by atoms with Gasteiger partial charge in [0, 0.05) is 12.6 Å². The smallest absolute Gasteiger partial charge is 0.441 e. The summed E-state index contributed by atoms with van der Waals surface area (Å²) in [6.07, 6.45) is -4.19. The molecule has 0 saturated heterocycles. The van der Waals surface area contributed by atoms with Gasteiger partial charge < -0.3 is 15.4 Å². The summed E-state index contributed by atoms with van der Waals surface area (Å²) in [5.41, 5.74) is -3.75. The Bertz CT molecular complexity index is 583. The van der Waals surface area contributed by atoms with E-state index in [9.17, 15) is 22.8 Å². The first kappa shape index (κ1) is 19.0. The molecule has 0 aliphatic rings. The van der Waals surface area contributed by atoms with Crippen molar-refractivity contribution < 1.29 is 27.5 Å². The van der Waals surface area contributed by atoms with Gasteiger partial charge in [-0.2, -0.15) is 13.2 Å². The summed E-state index contributed by atoms with van der Waals surface area (Å²) in [4.78, 5) is 27.2. The van der Waals surface area contributed by atoms with Gasteiger partial charge in [-0.15, -0.1) is 0 Å². The predicted molar refractivity (Wildman–Crippen MR) is 76.7 cm³/mol. The molecule has 0 unspecified atom stereocenters. The molecule has 0 aliphatic heterocycles. The molecule has 1 aromatic heterocycles. The summed E-state index contributed by atoms with van der Waals surface area (Å²) >= 11 is 5.73. The molecule has 23 heavy (non-hydrogen) atoms. The molecule has 10 heteroatoms. The Morgan fingerprint density at radius 1 is 1.35 bits per heavy atom. The van der Waals surface area contributed by atoms with Crippen molar-refractivity contribution in [1.29, 1.82) is 0 Å². The van der Waals surface area contributed by atoms with E-state index in [-0.39, 0.29) is 23.9 Å². The molecule has 128 valence electrons. The van der Waals surface area contributed by atoms with Crippen molar-refractivity contribution in [3.8, 4) is 0 Å². The van der Waals surface area contributed by atoms with Crippen molar-refractivity contribution in [1.82, 2.24) is 10.3 Å². The van der Waals surface area contributed by atoms with Crippen LogP contribution in [-0.2, 0) is 14.3 Å². The first-order chi connectivity index (χ1) is 10.7. The maximum absolute atomic E-state index is 13.6. The molecule has 1 amide bonds. The van der Waals surface area contributed by atoms with Gasteiger partial charge in [-0.05, 0) is 19.1 Å². The molecule has 0 saturated carbocycles. The van der Waals surface area contributed by atoms with E-state index in [4.69, 9.17) is 11.6 Å². The molecule has 2 N–H and O–H groups in total. The Kier molecular flexibility index (Phi) is 6.20. The molecule has 1 heterocycles. The standard InChI is InChI=1S/C13H15ClF3N3O3/c1-3-9(21)20-12(13(15,16)17,11(22)23-4-2)19-8-6-5-7-18-10(8)14/h5-7,19H,3-4H2,1-2H3,(H,20,21)/t12-/m0/s1. The normalized spacial score (nSPS) is 13.8. The fourth-order valence-corrected chi connectivity index (χ4v) is 1.78. The number of anilines is 1. The van der Waals surface area contributed by atoms with Gasteiger partial charge in [0.15, 0.2) is 5.15 Å². The van der Waals surface area contributed by atoms with Crippen molar-refractivity contribution in [3.05, 3.63) is 23.5 Å². The highest BCUT2D eigenvalue weighted by atomic mass is 35.5. The Labute approximate surface area is 135 Å². The highest BCUT2D eigenvalue weighted by Crippen LogP contribution is 2.34. The zero-order valence-corrected chi connectivity index (χ0v) is 13.1. The largest absolute Gasteiger partial charge is 0.463 e. The number of ether oxygens (including phenoxy) is 1. The van der Waals surface area contributed by atoms with Crippen molar-refractivity contribution in [2.45, 2.75) is 32.1 Å². The Morgan fingerprint density at radius 2 is 2.00 bits per heavy atom. The van der Waals surface area contributed by atoms with Crippen LogP contribution in [0.5, 0.6) is 0 Å². The quantitative estimate of drug-likeness (QED) is 0.466. The number of esters is 1. The van der Waals surface area contributed by atoms with Crippen LogP contribution >= 0.6 is 11.6 Å². The van der Waals surface area contributed by atoms with Crippen LogP contribution in [0.1, 0.15) is 20.3 Å². The van der Waals surface area contributed by atoms with Gasteiger partial charge in [-0.25, -0.2) is 9.78 Å². The van der Waals surface area contributed by atoms with Crippen molar-refractivity contribution in [2.24, 2.45) is 0 Å². The number of halogens is 4. The van der Waals surface area contributed by atoms with E-state index in [2.05, 4.69) is 9.72 Å². The zero-order valence-electron chi connectivity index (χ0n) is 12.3. The molecule has 1 rings (SSSR count). The van der Waals surface area contributed by atoms with E-state index in [0.29, 0.717) is 0 Å². The van der Waals surface area contributed by atoms with Crippen molar-refractivity contribution in [3.63, 3.8) is 0 Å². The van der Waals surface area contributed by atoms with Gasteiger partial charge in [-0.1, -0.05) is 18.5 Å². The predicted octanol–water partition coefficient (Wildman–Crippen LogP) is 2.49. The summed E-state index contributed by atoms with van der Waals surface area (Å²) in [7, 11) is 0. The number of hydrogen-bond acceptors (Lipinski definition) is 5. The second kappa shape index (κ2) is 7.49. The summed E-state index contributed by atoms with van der Waals surface area (Å²) in [5.74, 6) is -2.70. The Hall–Kier alpha value is -2.03. The minimum absolute atomic E-state index is 0.264. The summed E-state index contributed by atoms with van der Waals surface area (Å²) in [5, 5.41) is 3.27. The molecule has 1 aromatic rings. The van der Waals surface area contributed by atoms with E-state index >= 15 is 0 Å². The van der Waals surface area contributed by atoms with Gasteiger partial charge in [0.1, 0.15) is 0 Å². The number of nitrogens with one attached hydrogen (secondary N) is 2. The van der Waals surface area contributed by atoms with Crippen LogP contribution in [0.2, 0.25) is 5.15 Å². The van der Waals surface area contributed by atoms with Crippen LogP contribution in [0.3, 0.4) is 0 Å². The van der Waals surface area contributed by atoms with Crippen LogP contribution in [0.25, 0.3) is 0 Å². The lowest BCUT2D eigenvalue weighted by Crippen LogP contribution is -2.69. The molecule has 0 aromatic carbocycles. The SMILES string of the molecule is CCOC(=O)[C@@](NC(=O)CC)(Nc1cccnc1Cl)C(F)(F)F. The highest BCUT2D eigenvalue weighted by molar-refractivity contribution is 6.32. The number of rotatable bonds is 6. The molecular weight excluding hydrogens is 339 g/mol. The maximum atomic E-state index is 13.6. The molecule has 0 fully saturated rings. The second-order valence-corrected chi connectivity index (χ2v) is 4.69. The van der Waals surface area contributed by atoms with E-state index in [1.54, 1.807) is 5.32 Å². The van der Waals surface area contributed by atoms with E-state index < -0.39 is 23.7 Å². The molecule has 0 bridgehead atoms. The number of carbonyl (C=O) groups is 2. The molecule has 0 aliphatic carbocycles. The van der Waals surface area contributed by atoms with Crippen molar-refractivity contribution >= 4 is 29.2 Å². The lowest BCUT2D eigenvalue weighted by atomic mass is 10.1. The fourth-order valence-electron chi connectivity index (χ4n) is 1.61. The molecule has 0 spiro atoms. The van der Waals surface area contributed by atoms with Crippen molar-refractivity contribution in [2.75, 3.05) is 11.9 Å². The summed E-state index contributed by atoms with van der Waals surface area (Å²) < 4.78 is 45.4. The third-order valence-corrected chi connectivity index (χ3v) is 3.04. The van der Waals surface area contributed by atoms with Gasteiger partial charge in [0.2, 0.25) is 5.91 Å². The van der Waals surface area contributed by atoms with E-state index in [1.165, 1.54) is 32.2 Å². The lowest BCUT2D eigenvalue weighted by molar-refractivity contribution is -0.207.